The SMILES string of the molecule is CCCNC(=O)CNc1ccc(C(=O)NCC)cc1. The first-order chi connectivity index (χ1) is 9.17. The highest BCUT2D eigenvalue weighted by molar-refractivity contribution is 5.94. The fraction of sp³-hybridized carbons (Fsp3) is 0.429. The summed E-state index contributed by atoms with van der Waals surface area (Å²) >= 11 is 0. The summed E-state index contributed by atoms with van der Waals surface area (Å²) in [6, 6.07) is 7.05. The van der Waals surface area contributed by atoms with Gasteiger partial charge in [-0.15, -0.1) is 0 Å². The van der Waals surface area contributed by atoms with Gasteiger partial charge < -0.3 is 16.0 Å². The van der Waals surface area contributed by atoms with Crippen LogP contribution in [0.3, 0.4) is 0 Å². The summed E-state index contributed by atoms with van der Waals surface area (Å²) in [6.45, 7) is 5.42. The van der Waals surface area contributed by atoms with Gasteiger partial charge in [0.15, 0.2) is 0 Å². The third kappa shape index (κ3) is 5.42. The van der Waals surface area contributed by atoms with Crippen molar-refractivity contribution in [1.29, 1.82) is 0 Å². The minimum absolute atomic E-state index is 0.0327. The molecule has 5 nitrogen and oxygen atoms in total. The molecule has 0 spiro atoms. The van der Waals surface area contributed by atoms with Crippen molar-refractivity contribution in [2.45, 2.75) is 20.3 Å². The van der Waals surface area contributed by atoms with Crippen LogP contribution >= 0.6 is 0 Å². The molecule has 0 saturated heterocycles. The van der Waals surface area contributed by atoms with Crippen molar-refractivity contribution in [1.82, 2.24) is 10.6 Å². The highest BCUT2D eigenvalue weighted by Crippen LogP contribution is 2.09. The lowest BCUT2D eigenvalue weighted by atomic mass is 10.2. The standard InChI is InChI=1S/C14H21N3O2/c1-3-9-16-13(18)10-17-12-7-5-11(6-8-12)14(19)15-4-2/h5-8,17H,3-4,9-10H2,1-2H3,(H,15,19)(H,16,18). The summed E-state index contributed by atoms with van der Waals surface area (Å²) in [5.41, 5.74) is 1.43. The maximum atomic E-state index is 11.5. The van der Waals surface area contributed by atoms with E-state index >= 15 is 0 Å². The molecule has 0 aromatic heterocycles. The Morgan fingerprint density at radius 1 is 1.05 bits per heavy atom. The van der Waals surface area contributed by atoms with Crippen LogP contribution in [0.4, 0.5) is 5.69 Å². The molecule has 104 valence electrons. The number of benzene rings is 1. The molecule has 0 aliphatic rings. The number of anilines is 1. The van der Waals surface area contributed by atoms with E-state index in [9.17, 15) is 9.59 Å². The first-order valence-corrected chi connectivity index (χ1v) is 6.56. The summed E-state index contributed by atoms with van der Waals surface area (Å²) in [4.78, 5) is 22.9. The summed E-state index contributed by atoms with van der Waals surface area (Å²) < 4.78 is 0. The Balaban J connectivity index is 2.44. The van der Waals surface area contributed by atoms with Crippen LogP contribution < -0.4 is 16.0 Å². The molecule has 0 saturated carbocycles. The quantitative estimate of drug-likeness (QED) is 0.696. The van der Waals surface area contributed by atoms with Crippen molar-refractivity contribution < 1.29 is 9.59 Å². The van der Waals surface area contributed by atoms with Crippen molar-refractivity contribution >= 4 is 17.5 Å². The first-order valence-electron chi connectivity index (χ1n) is 6.56. The predicted molar refractivity (Wildman–Crippen MR) is 76.2 cm³/mol. The van der Waals surface area contributed by atoms with Crippen molar-refractivity contribution in [2.24, 2.45) is 0 Å². The lowest BCUT2D eigenvalue weighted by molar-refractivity contribution is -0.119. The molecule has 2 amide bonds. The number of hydrogen-bond acceptors (Lipinski definition) is 3. The average Bonchev–Trinajstić information content (AvgIpc) is 2.43. The zero-order valence-corrected chi connectivity index (χ0v) is 11.5. The molecule has 1 aromatic rings. The Morgan fingerprint density at radius 2 is 1.74 bits per heavy atom. The van der Waals surface area contributed by atoms with Crippen LogP contribution in [0.1, 0.15) is 30.6 Å². The molecule has 0 unspecified atom stereocenters. The van der Waals surface area contributed by atoms with E-state index in [1.165, 1.54) is 0 Å². The highest BCUT2D eigenvalue weighted by atomic mass is 16.2. The second-order valence-corrected chi connectivity index (χ2v) is 4.14. The first kappa shape index (κ1) is 15.0. The van der Waals surface area contributed by atoms with Gasteiger partial charge in [0.25, 0.3) is 5.91 Å². The Kier molecular flexibility index (Phi) is 6.43. The number of amides is 2. The van der Waals surface area contributed by atoms with Gasteiger partial charge >= 0.3 is 0 Å². The Labute approximate surface area is 113 Å². The molecule has 1 rings (SSSR count). The van der Waals surface area contributed by atoms with Gasteiger partial charge in [0.2, 0.25) is 5.91 Å². The van der Waals surface area contributed by atoms with Crippen LogP contribution in [-0.4, -0.2) is 31.4 Å². The van der Waals surface area contributed by atoms with Gasteiger partial charge in [0.1, 0.15) is 0 Å². The van der Waals surface area contributed by atoms with E-state index in [4.69, 9.17) is 0 Å². The van der Waals surface area contributed by atoms with E-state index in [1.54, 1.807) is 24.3 Å². The maximum absolute atomic E-state index is 11.5. The van der Waals surface area contributed by atoms with E-state index in [2.05, 4.69) is 16.0 Å². The van der Waals surface area contributed by atoms with Crippen molar-refractivity contribution in [3.05, 3.63) is 29.8 Å². The zero-order valence-electron chi connectivity index (χ0n) is 11.5. The molecule has 3 N–H and O–H groups in total. The zero-order chi connectivity index (χ0) is 14.1. The van der Waals surface area contributed by atoms with Gasteiger partial charge in [-0.1, -0.05) is 6.92 Å². The molecular formula is C14H21N3O2. The van der Waals surface area contributed by atoms with E-state index in [0.29, 0.717) is 18.7 Å². The number of carbonyl (C=O) groups excluding carboxylic acids is 2. The minimum Gasteiger partial charge on any atom is -0.376 e. The summed E-state index contributed by atoms with van der Waals surface area (Å²) in [5.74, 6) is -0.121. The Bertz CT molecular complexity index is 415. The molecule has 1 aromatic carbocycles. The molecule has 0 atom stereocenters. The second-order valence-electron chi connectivity index (χ2n) is 4.14. The Morgan fingerprint density at radius 3 is 2.32 bits per heavy atom. The smallest absolute Gasteiger partial charge is 0.251 e. The topological polar surface area (TPSA) is 70.2 Å². The van der Waals surface area contributed by atoms with E-state index in [1.807, 2.05) is 13.8 Å². The van der Waals surface area contributed by atoms with Crippen LogP contribution in [0.15, 0.2) is 24.3 Å². The summed E-state index contributed by atoms with van der Waals surface area (Å²) in [7, 11) is 0. The van der Waals surface area contributed by atoms with Gasteiger partial charge in [-0.05, 0) is 37.6 Å². The van der Waals surface area contributed by atoms with Crippen LogP contribution in [0, 0.1) is 0 Å². The average molecular weight is 263 g/mol. The van der Waals surface area contributed by atoms with Gasteiger partial charge in [0.05, 0.1) is 6.54 Å². The van der Waals surface area contributed by atoms with Crippen LogP contribution in [0.2, 0.25) is 0 Å². The van der Waals surface area contributed by atoms with Gasteiger partial charge in [0, 0.05) is 24.3 Å². The molecular weight excluding hydrogens is 242 g/mol. The molecule has 0 aliphatic heterocycles. The lowest BCUT2D eigenvalue weighted by Gasteiger charge is -2.08. The van der Waals surface area contributed by atoms with Gasteiger partial charge in [-0.25, -0.2) is 0 Å². The van der Waals surface area contributed by atoms with Crippen molar-refractivity contribution in [3.8, 4) is 0 Å². The van der Waals surface area contributed by atoms with Gasteiger partial charge in [-0.2, -0.15) is 0 Å². The minimum atomic E-state index is -0.0882. The molecule has 0 fully saturated rings. The molecule has 5 heteroatoms. The normalized spacial score (nSPS) is 9.79. The third-order valence-corrected chi connectivity index (χ3v) is 2.51. The largest absolute Gasteiger partial charge is 0.376 e. The second kappa shape index (κ2) is 8.13. The fourth-order valence-corrected chi connectivity index (χ4v) is 1.51. The molecule has 0 bridgehead atoms. The van der Waals surface area contributed by atoms with Crippen molar-refractivity contribution in [2.75, 3.05) is 25.0 Å². The van der Waals surface area contributed by atoms with Crippen LogP contribution in [-0.2, 0) is 4.79 Å². The van der Waals surface area contributed by atoms with Gasteiger partial charge in [-0.3, -0.25) is 9.59 Å². The van der Waals surface area contributed by atoms with E-state index in [0.717, 1.165) is 12.1 Å². The summed E-state index contributed by atoms with van der Waals surface area (Å²) in [6.07, 6.45) is 0.924. The fourth-order valence-electron chi connectivity index (χ4n) is 1.51. The highest BCUT2D eigenvalue weighted by Gasteiger charge is 2.04. The van der Waals surface area contributed by atoms with Crippen LogP contribution in [0.25, 0.3) is 0 Å². The third-order valence-electron chi connectivity index (χ3n) is 2.51. The number of nitrogens with one attached hydrogen (secondary N) is 3. The van der Waals surface area contributed by atoms with E-state index < -0.39 is 0 Å². The number of carbonyl (C=O) groups is 2. The number of rotatable bonds is 7. The molecule has 0 aliphatic carbocycles. The summed E-state index contributed by atoms with van der Waals surface area (Å²) in [5, 5.41) is 8.52. The van der Waals surface area contributed by atoms with Crippen molar-refractivity contribution in [3.63, 3.8) is 0 Å². The van der Waals surface area contributed by atoms with E-state index in [-0.39, 0.29) is 18.4 Å². The maximum Gasteiger partial charge on any atom is 0.251 e. The molecule has 19 heavy (non-hydrogen) atoms. The van der Waals surface area contributed by atoms with Crippen LogP contribution in [0.5, 0.6) is 0 Å². The molecule has 0 heterocycles. The molecule has 0 radical (unpaired) electrons. The lowest BCUT2D eigenvalue weighted by Crippen LogP contribution is -2.30. The Hall–Kier alpha value is -2.04. The number of hydrogen-bond donors (Lipinski definition) is 3. The monoisotopic (exact) mass is 263 g/mol. The predicted octanol–water partition coefficient (Wildman–Crippen LogP) is 1.37.